The maximum Gasteiger partial charge on any atom is 0.331 e. The number of esters is 1. The highest BCUT2D eigenvalue weighted by Gasteiger charge is 2.32. The summed E-state index contributed by atoms with van der Waals surface area (Å²) in [5, 5.41) is 2.92. The van der Waals surface area contributed by atoms with Crippen LogP contribution in [0.2, 0.25) is 0 Å². The highest BCUT2D eigenvalue weighted by molar-refractivity contribution is 7.90. The SMILES string of the molecule is C[C@H](N=C1NS(=O)(=O)c2ccccc21)C(=O)O[C@@H](C)C(=O)NC1CCCCC1. The molecule has 3 rings (SSSR count). The number of carbonyl (C=O) groups excluding carboxylic acids is 2. The van der Waals surface area contributed by atoms with Gasteiger partial charge in [-0.15, -0.1) is 0 Å². The molecule has 0 spiro atoms. The van der Waals surface area contributed by atoms with Gasteiger partial charge in [-0.05, 0) is 38.8 Å². The summed E-state index contributed by atoms with van der Waals surface area (Å²) in [6.45, 7) is 3.01. The fourth-order valence-electron chi connectivity index (χ4n) is 3.37. The molecular weight excluding hydrogens is 382 g/mol. The van der Waals surface area contributed by atoms with E-state index in [2.05, 4.69) is 15.0 Å². The van der Waals surface area contributed by atoms with E-state index in [-0.39, 0.29) is 22.7 Å². The van der Waals surface area contributed by atoms with Gasteiger partial charge in [-0.1, -0.05) is 31.4 Å². The minimum atomic E-state index is -3.68. The number of carbonyl (C=O) groups is 2. The van der Waals surface area contributed by atoms with Crippen molar-refractivity contribution in [2.75, 3.05) is 0 Å². The highest BCUT2D eigenvalue weighted by Crippen LogP contribution is 2.22. The number of benzene rings is 1. The average Bonchev–Trinajstić information content (AvgIpc) is 2.93. The van der Waals surface area contributed by atoms with Crippen LogP contribution in [-0.4, -0.2) is 44.3 Å². The first kappa shape index (κ1) is 20.3. The third-order valence-electron chi connectivity index (χ3n) is 4.94. The highest BCUT2D eigenvalue weighted by atomic mass is 32.2. The summed E-state index contributed by atoms with van der Waals surface area (Å²) in [6.07, 6.45) is 4.30. The molecule has 1 aliphatic carbocycles. The Balaban J connectivity index is 1.62. The van der Waals surface area contributed by atoms with Crippen LogP contribution in [0.4, 0.5) is 0 Å². The number of ether oxygens (including phenoxy) is 1. The molecule has 0 aromatic heterocycles. The molecule has 2 N–H and O–H groups in total. The van der Waals surface area contributed by atoms with Crippen LogP contribution in [0.1, 0.15) is 51.5 Å². The van der Waals surface area contributed by atoms with Crippen LogP contribution >= 0.6 is 0 Å². The van der Waals surface area contributed by atoms with Gasteiger partial charge in [0.25, 0.3) is 15.9 Å². The van der Waals surface area contributed by atoms with Crippen molar-refractivity contribution in [2.24, 2.45) is 4.99 Å². The monoisotopic (exact) mass is 407 g/mol. The van der Waals surface area contributed by atoms with Crippen molar-refractivity contribution in [3.63, 3.8) is 0 Å². The maximum atomic E-state index is 12.3. The van der Waals surface area contributed by atoms with Crippen LogP contribution < -0.4 is 10.0 Å². The van der Waals surface area contributed by atoms with Crippen molar-refractivity contribution in [1.29, 1.82) is 0 Å². The first-order valence-corrected chi connectivity index (χ1v) is 11.0. The minimum absolute atomic E-state index is 0.0966. The lowest BCUT2D eigenvalue weighted by molar-refractivity contribution is -0.155. The summed E-state index contributed by atoms with van der Waals surface area (Å²) in [5.41, 5.74) is 0.408. The van der Waals surface area contributed by atoms with E-state index in [1.165, 1.54) is 26.3 Å². The van der Waals surface area contributed by atoms with Crippen LogP contribution in [0, 0.1) is 0 Å². The Hall–Kier alpha value is -2.42. The van der Waals surface area contributed by atoms with Crippen molar-refractivity contribution in [3.8, 4) is 0 Å². The van der Waals surface area contributed by atoms with Gasteiger partial charge in [0, 0.05) is 11.6 Å². The number of rotatable bonds is 5. The number of fused-ring (bicyclic) bond motifs is 1. The van der Waals surface area contributed by atoms with Crippen LogP contribution in [0.3, 0.4) is 0 Å². The second-order valence-electron chi connectivity index (χ2n) is 7.18. The zero-order valence-corrected chi connectivity index (χ0v) is 16.8. The quantitative estimate of drug-likeness (QED) is 0.718. The van der Waals surface area contributed by atoms with Gasteiger partial charge < -0.3 is 10.1 Å². The van der Waals surface area contributed by atoms with Crippen LogP contribution in [0.15, 0.2) is 34.2 Å². The molecule has 2 aliphatic rings. The van der Waals surface area contributed by atoms with Gasteiger partial charge in [-0.2, -0.15) is 0 Å². The predicted molar refractivity (Wildman–Crippen MR) is 103 cm³/mol. The van der Waals surface area contributed by atoms with Crippen LogP contribution in [-0.2, 0) is 24.3 Å². The van der Waals surface area contributed by atoms with E-state index in [4.69, 9.17) is 4.74 Å². The number of hydrogen-bond donors (Lipinski definition) is 2. The van der Waals surface area contributed by atoms with Gasteiger partial charge in [0.05, 0.1) is 4.90 Å². The Bertz CT molecular complexity index is 891. The summed E-state index contributed by atoms with van der Waals surface area (Å²) in [4.78, 5) is 28.9. The van der Waals surface area contributed by atoms with E-state index in [9.17, 15) is 18.0 Å². The Labute approximate surface area is 164 Å². The molecule has 1 heterocycles. The van der Waals surface area contributed by atoms with Crippen molar-refractivity contribution in [3.05, 3.63) is 29.8 Å². The topological polar surface area (TPSA) is 114 Å². The molecule has 0 unspecified atom stereocenters. The molecule has 0 radical (unpaired) electrons. The van der Waals surface area contributed by atoms with Crippen molar-refractivity contribution < 1.29 is 22.7 Å². The molecule has 28 heavy (non-hydrogen) atoms. The number of nitrogens with zero attached hydrogens (tertiary/aromatic N) is 1. The van der Waals surface area contributed by atoms with Gasteiger partial charge in [-0.3, -0.25) is 14.5 Å². The third kappa shape index (κ3) is 4.52. The molecule has 1 fully saturated rings. The number of hydrogen-bond acceptors (Lipinski definition) is 6. The van der Waals surface area contributed by atoms with Gasteiger partial charge in [0.2, 0.25) is 0 Å². The molecule has 9 heteroatoms. The number of amides is 1. The normalized spacial score (nSPS) is 22.0. The smallest absolute Gasteiger partial charge is 0.331 e. The first-order valence-electron chi connectivity index (χ1n) is 9.49. The molecular formula is C19H25N3O5S. The number of aliphatic imine (C=N–C) groups is 1. The maximum absolute atomic E-state index is 12.3. The summed E-state index contributed by atoms with van der Waals surface area (Å²) in [6, 6.07) is 5.56. The zero-order chi connectivity index (χ0) is 20.3. The lowest BCUT2D eigenvalue weighted by atomic mass is 9.95. The summed E-state index contributed by atoms with van der Waals surface area (Å²) in [5.74, 6) is -0.922. The van der Waals surface area contributed by atoms with Crippen molar-refractivity contribution in [2.45, 2.75) is 69.0 Å². The van der Waals surface area contributed by atoms with E-state index in [0.717, 1.165) is 25.7 Å². The molecule has 2 atom stereocenters. The zero-order valence-electron chi connectivity index (χ0n) is 16.0. The molecule has 0 bridgehead atoms. The summed E-state index contributed by atoms with van der Waals surface area (Å²) >= 11 is 0. The molecule has 8 nitrogen and oxygen atoms in total. The number of sulfonamides is 1. The standard InChI is InChI=1S/C19H25N3O5S/c1-12(20-17-15-10-6-7-11-16(15)28(25,26)22-17)19(24)27-13(2)18(23)21-14-8-4-3-5-9-14/h6-7,10-14H,3-5,8-9H2,1-2H3,(H,20,22)(H,21,23)/t12-,13-/m0/s1. The molecule has 152 valence electrons. The van der Waals surface area contributed by atoms with E-state index in [1.807, 2.05) is 0 Å². The molecule has 1 aromatic rings. The number of nitrogens with one attached hydrogen (secondary N) is 2. The van der Waals surface area contributed by atoms with Gasteiger partial charge in [0.1, 0.15) is 11.9 Å². The van der Waals surface area contributed by atoms with Crippen molar-refractivity contribution in [1.82, 2.24) is 10.0 Å². The van der Waals surface area contributed by atoms with Gasteiger partial charge in [0.15, 0.2) is 6.10 Å². The predicted octanol–water partition coefficient (Wildman–Crippen LogP) is 1.49. The lowest BCUT2D eigenvalue weighted by Crippen LogP contribution is -2.43. The number of amidine groups is 1. The summed E-state index contributed by atoms with van der Waals surface area (Å²) < 4.78 is 31.8. The fourth-order valence-corrected chi connectivity index (χ4v) is 4.61. The second-order valence-corrected chi connectivity index (χ2v) is 8.83. The van der Waals surface area contributed by atoms with E-state index >= 15 is 0 Å². The molecule has 1 saturated carbocycles. The molecule has 1 aromatic carbocycles. The molecule has 1 amide bonds. The largest absolute Gasteiger partial charge is 0.451 e. The Kier molecular flexibility index (Phi) is 6.02. The first-order chi connectivity index (χ1) is 13.3. The Morgan fingerprint density at radius 2 is 1.86 bits per heavy atom. The van der Waals surface area contributed by atoms with Crippen molar-refractivity contribution >= 4 is 27.7 Å². The van der Waals surface area contributed by atoms with E-state index < -0.39 is 28.1 Å². The van der Waals surface area contributed by atoms with E-state index in [1.54, 1.807) is 18.2 Å². The molecule has 0 saturated heterocycles. The van der Waals surface area contributed by atoms with Crippen LogP contribution in [0.25, 0.3) is 0 Å². The lowest BCUT2D eigenvalue weighted by Gasteiger charge is -2.24. The molecule has 1 aliphatic heterocycles. The Morgan fingerprint density at radius 3 is 2.57 bits per heavy atom. The Morgan fingerprint density at radius 1 is 1.18 bits per heavy atom. The van der Waals surface area contributed by atoms with Gasteiger partial charge in [-0.25, -0.2) is 13.2 Å². The van der Waals surface area contributed by atoms with Crippen LogP contribution in [0.5, 0.6) is 0 Å². The average molecular weight is 407 g/mol. The third-order valence-corrected chi connectivity index (χ3v) is 6.34. The second kappa shape index (κ2) is 8.30. The summed E-state index contributed by atoms with van der Waals surface area (Å²) in [7, 11) is -3.68. The van der Waals surface area contributed by atoms with E-state index in [0.29, 0.717) is 5.56 Å². The van der Waals surface area contributed by atoms with Gasteiger partial charge >= 0.3 is 5.97 Å². The minimum Gasteiger partial charge on any atom is -0.451 e. The fraction of sp³-hybridized carbons (Fsp3) is 0.526.